The Hall–Kier alpha value is -1.60. The zero-order chi connectivity index (χ0) is 14.5. The smallest absolute Gasteiger partial charge is 0.326 e. The highest BCUT2D eigenvalue weighted by Gasteiger charge is 2.32. The first-order chi connectivity index (χ1) is 8.92. The van der Waals surface area contributed by atoms with Crippen molar-refractivity contribution < 1.29 is 14.5 Å². The van der Waals surface area contributed by atoms with E-state index in [1.807, 2.05) is 0 Å². The molecule has 0 amide bonds. The lowest BCUT2D eigenvalue weighted by Crippen LogP contribution is -2.50. The van der Waals surface area contributed by atoms with Gasteiger partial charge in [0.05, 0.1) is 12.0 Å². The predicted octanol–water partition coefficient (Wildman–Crippen LogP) is 1.84. The Kier molecular flexibility index (Phi) is 5.31. The van der Waals surface area contributed by atoms with Crippen LogP contribution in [0.2, 0.25) is 0 Å². The summed E-state index contributed by atoms with van der Waals surface area (Å²) in [6, 6.07) is 6.21. The van der Waals surface area contributed by atoms with Gasteiger partial charge in [-0.05, 0) is 26.1 Å². The maximum Gasteiger partial charge on any atom is 0.326 e. The number of nitro groups is 1. The first kappa shape index (κ1) is 15.5. The van der Waals surface area contributed by atoms with Crippen molar-refractivity contribution in [2.75, 3.05) is 19.9 Å². The van der Waals surface area contributed by atoms with Crippen LogP contribution in [0.3, 0.4) is 0 Å². The second-order valence-corrected chi connectivity index (χ2v) is 5.16. The van der Waals surface area contributed by atoms with Gasteiger partial charge in [-0.15, -0.1) is 11.8 Å². The Morgan fingerprint density at radius 3 is 2.47 bits per heavy atom. The number of non-ortho nitro benzene ring substituents is 1. The van der Waals surface area contributed by atoms with Crippen molar-refractivity contribution in [2.45, 2.75) is 17.4 Å². The number of rotatable bonds is 6. The fourth-order valence-electron chi connectivity index (χ4n) is 1.35. The van der Waals surface area contributed by atoms with Gasteiger partial charge in [0.25, 0.3) is 5.69 Å². The summed E-state index contributed by atoms with van der Waals surface area (Å²) in [5, 5.41) is 13.5. The molecule has 1 N–H and O–H groups in total. The zero-order valence-electron chi connectivity index (χ0n) is 11.0. The number of carbonyl (C=O) groups excluding carboxylic acids is 1. The van der Waals surface area contributed by atoms with Crippen LogP contribution in [-0.2, 0) is 9.53 Å². The monoisotopic (exact) mass is 284 g/mol. The molecule has 1 aromatic carbocycles. The molecule has 19 heavy (non-hydrogen) atoms. The highest BCUT2D eigenvalue weighted by atomic mass is 32.2. The third kappa shape index (κ3) is 3.93. The van der Waals surface area contributed by atoms with E-state index in [0.29, 0.717) is 5.75 Å². The van der Waals surface area contributed by atoms with Crippen LogP contribution in [0.4, 0.5) is 5.69 Å². The molecular weight excluding hydrogens is 268 g/mol. The van der Waals surface area contributed by atoms with Crippen molar-refractivity contribution in [3.8, 4) is 0 Å². The third-order valence-electron chi connectivity index (χ3n) is 2.76. The van der Waals surface area contributed by atoms with Gasteiger partial charge in [0.2, 0.25) is 0 Å². The van der Waals surface area contributed by atoms with Crippen molar-refractivity contribution >= 4 is 23.4 Å². The number of hydrogen-bond acceptors (Lipinski definition) is 6. The second-order valence-electron chi connectivity index (χ2n) is 4.11. The Bertz CT molecular complexity index is 463. The van der Waals surface area contributed by atoms with E-state index in [2.05, 4.69) is 5.32 Å². The number of esters is 1. The molecule has 0 radical (unpaired) electrons. The van der Waals surface area contributed by atoms with Gasteiger partial charge < -0.3 is 10.1 Å². The fourth-order valence-corrected chi connectivity index (χ4v) is 2.40. The van der Waals surface area contributed by atoms with Crippen LogP contribution in [-0.4, -0.2) is 36.3 Å². The predicted molar refractivity (Wildman–Crippen MR) is 73.3 cm³/mol. The number of hydrogen-bond donors (Lipinski definition) is 1. The van der Waals surface area contributed by atoms with Gasteiger partial charge >= 0.3 is 5.97 Å². The maximum atomic E-state index is 11.6. The van der Waals surface area contributed by atoms with Crippen molar-refractivity contribution in [3.05, 3.63) is 34.4 Å². The second kappa shape index (κ2) is 6.53. The topological polar surface area (TPSA) is 81.5 Å². The number of nitrogens with one attached hydrogen (secondary N) is 1. The van der Waals surface area contributed by atoms with Gasteiger partial charge in [-0.1, -0.05) is 0 Å². The molecule has 0 aliphatic heterocycles. The molecule has 0 heterocycles. The summed E-state index contributed by atoms with van der Waals surface area (Å²) < 4.78 is 4.74. The van der Waals surface area contributed by atoms with Crippen LogP contribution in [0.1, 0.15) is 6.92 Å². The van der Waals surface area contributed by atoms with Crippen LogP contribution < -0.4 is 5.32 Å². The SMILES string of the molecule is CNC(C)(CSc1ccc([N+](=O)[O-])cc1)C(=O)OC. The number of nitro benzene ring substituents is 1. The largest absolute Gasteiger partial charge is 0.468 e. The van der Waals surface area contributed by atoms with Gasteiger partial charge in [0.1, 0.15) is 5.54 Å². The molecule has 0 aliphatic rings. The Morgan fingerprint density at radius 2 is 2.05 bits per heavy atom. The molecule has 1 rings (SSSR count). The Morgan fingerprint density at radius 1 is 1.47 bits per heavy atom. The molecule has 1 atom stereocenters. The van der Waals surface area contributed by atoms with E-state index in [1.54, 1.807) is 26.1 Å². The number of thioether (sulfide) groups is 1. The normalized spacial score (nSPS) is 13.6. The summed E-state index contributed by atoms with van der Waals surface area (Å²) in [4.78, 5) is 22.6. The van der Waals surface area contributed by atoms with Crippen molar-refractivity contribution in [1.29, 1.82) is 0 Å². The molecule has 0 saturated carbocycles. The third-order valence-corrected chi connectivity index (χ3v) is 4.09. The molecule has 7 heteroatoms. The molecule has 1 aromatic rings. The van der Waals surface area contributed by atoms with Crippen molar-refractivity contribution in [3.63, 3.8) is 0 Å². The number of nitrogens with zero attached hydrogens (tertiary/aromatic N) is 1. The van der Waals surface area contributed by atoms with E-state index >= 15 is 0 Å². The molecular formula is C12H16N2O4S. The van der Waals surface area contributed by atoms with Gasteiger partial charge in [0.15, 0.2) is 0 Å². The van der Waals surface area contributed by atoms with E-state index < -0.39 is 10.5 Å². The minimum Gasteiger partial charge on any atom is -0.468 e. The standard InChI is InChI=1S/C12H16N2O4S/c1-12(13-2,11(15)18-3)8-19-10-6-4-9(5-7-10)14(16)17/h4-7,13H,8H2,1-3H3. The van der Waals surface area contributed by atoms with Gasteiger partial charge in [-0.25, -0.2) is 0 Å². The number of methoxy groups -OCH3 is 1. The molecule has 104 valence electrons. The number of benzene rings is 1. The number of ether oxygens (including phenoxy) is 1. The van der Waals surface area contributed by atoms with Gasteiger partial charge in [-0.3, -0.25) is 14.9 Å². The summed E-state index contributed by atoms with van der Waals surface area (Å²) in [7, 11) is 3.03. The summed E-state index contributed by atoms with van der Waals surface area (Å²) in [6.07, 6.45) is 0. The first-order valence-corrected chi connectivity index (χ1v) is 6.56. The van der Waals surface area contributed by atoms with E-state index in [1.165, 1.54) is 31.0 Å². The van der Waals surface area contributed by atoms with Crippen LogP contribution in [0.15, 0.2) is 29.2 Å². The maximum absolute atomic E-state index is 11.6. The summed E-state index contributed by atoms with van der Waals surface area (Å²) in [5.41, 5.74) is -0.741. The highest BCUT2D eigenvalue weighted by Crippen LogP contribution is 2.25. The quantitative estimate of drug-likeness (QED) is 0.371. The zero-order valence-corrected chi connectivity index (χ0v) is 11.8. The number of likely N-dealkylation sites (N-methyl/N-ethyl adjacent to an activating group) is 1. The van der Waals surface area contributed by atoms with E-state index in [9.17, 15) is 14.9 Å². The van der Waals surface area contributed by atoms with Crippen LogP contribution in [0.25, 0.3) is 0 Å². The minimum absolute atomic E-state index is 0.0497. The summed E-state index contributed by atoms with van der Waals surface area (Å²) >= 11 is 1.43. The molecule has 0 fully saturated rings. The molecule has 6 nitrogen and oxygen atoms in total. The first-order valence-electron chi connectivity index (χ1n) is 5.57. The lowest BCUT2D eigenvalue weighted by Gasteiger charge is -2.25. The van der Waals surface area contributed by atoms with E-state index in [0.717, 1.165) is 4.90 Å². The summed E-state index contributed by atoms with van der Waals surface area (Å²) in [5.74, 6) is 0.123. The molecule has 0 aromatic heterocycles. The lowest BCUT2D eigenvalue weighted by atomic mass is 10.1. The summed E-state index contributed by atoms with van der Waals surface area (Å²) in [6.45, 7) is 1.75. The van der Waals surface area contributed by atoms with E-state index in [-0.39, 0.29) is 11.7 Å². The minimum atomic E-state index is -0.790. The van der Waals surface area contributed by atoms with Gasteiger partial charge in [-0.2, -0.15) is 0 Å². The van der Waals surface area contributed by atoms with Crippen LogP contribution >= 0.6 is 11.8 Å². The van der Waals surface area contributed by atoms with Gasteiger partial charge in [0, 0.05) is 22.8 Å². The Labute approximate surface area is 115 Å². The highest BCUT2D eigenvalue weighted by molar-refractivity contribution is 7.99. The fraction of sp³-hybridized carbons (Fsp3) is 0.417. The number of carbonyl (C=O) groups is 1. The van der Waals surface area contributed by atoms with E-state index in [4.69, 9.17) is 4.74 Å². The molecule has 0 aliphatic carbocycles. The van der Waals surface area contributed by atoms with Crippen molar-refractivity contribution in [1.82, 2.24) is 5.32 Å². The Balaban J connectivity index is 2.70. The van der Waals surface area contributed by atoms with Crippen molar-refractivity contribution in [2.24, 2.45) is 0 Å². The molecule has 0 bridgehead atoms. The average Bonchev–Trinajstić information content (AvgIpc) is 2.44. The van der Waals surface area contributed by atoms with Crippen LogP contribution in [0, 0.1) is 10.1 Å². The lowest BCUT2D eigenvalue weighted by molar-refractivity contribution is -0.384. The molecule has 1 unspecified atom stereocenters. The molecule has 0 saturated heterocycles. The average molecular weight is 284 g/mol. The molecule has 0 spiro atoms. The van der Waals surface area contributed by atoms with Crippen LogP contribution in [0.5, 0.6) is 0 Å².